The minimum atomic E-state index is -2.89. The second kappa shape index (κ2) is 8.16. The van der Waals surface area contributed by atoms with Gasteiger partial charge in [0.05, 0.1) is 7.11 Å². The van der Waals surface area contributed by atoms with Crippen molar-refractivity contribution in [2.24, 2.45) is 0 Å². The number of methoxy groups -OCH3 is 1. The van der Waals surface area contributed by atoms with Crippen LogP contribution in [0.15, 0.2) is 18.2 Å². The number of nitrogens with one attached hydrogen (secondary N) is 1. The van der Waals surface area contributed by atoms with Gasteiger partial charge in [0.1, 0.15) is 0 Å². The third-order valence-corrected chi connectivity index (χ3v) is 4.07. The van der Waals surface area contributed by atoms with Gasteiger partial charge in [-0.3, -0.25) is 4.21 Å². The zero-order valence-electron chi connectivity index (χ0n) is 11.7. The Kier molecular flexibility index (Phi) is 6.87. The van der Waals surface area contributed by atoms with E-state index in [-0.39, 0.29) is 16.7 Å². The lowest BCUT2D eigenvalue weighted by Gasteiger charge is -2.13. The van der Waals surface area contributed by atoms with Crippen LogP contribution < -0.4 is 14.8 Å². The molecule has 1 rings (SSSR count). The quantitative estimate of drug-likeness (QED) is 0.799. The predicted octanol–water partition coefficient (Wildman–Crippen LogP) is 2.15. The normalized spacial score (nSPS) is 14.1. The molecule has 1 N–H and O–H groups in total. The maximum atomic E-state index is 12.3. The largest absolute Gasteiger partial charge is 0.493 e. The molecule has 0 fully saturated rings. The van der Waals surface area contributed by atoms with Crippen LogP contribution in [0.3, 0.4) is 0 Å². The maximum Gasteiger partial charge on any atom is 0.387 e. The standard InChI is InChI=1S/C13H19F2NO3S/c1-9(20(3)17)7-16-8-10-4-5-11(18-2)12(6-10)19-13(14)15/h4-6,9,13,16H,7-8H2,1-3H3. The lowest BCUT2D eigenvalue weighted by molar-refractivity contribution is -0.0512. The van der Waals surface area contributed by atoms with Crippen molar-refractivity contribution in [3.8, 4) is 11.5 Å². The van der Waals surface area contributed by atoms with Gasteiger partial charge in [-0.2, -0.15) is 8.78 Å². The zero-order valence-corrected chi connectivity index (χ0v) is 12.5. The third kappa shape index (κ3) is 5.42. The Bertz CT molecular complexity index is 457. The first-order chi connectivity index (χ1) is 9.43. The van der Waals surface area contributed by atoms with E-state index in [2.05, 4.69) is 10.1 Å². The molecule has 0 amide bonds. The molecule has 0 aliphatic heterocycles. The van der Waals surface area contributed by atoms with E-state index in [1.807, 2.05) is 6.92 Å². The van der Waals surface area contributed by atoms with Crippen molar-refractivity contribution >= 4 is 10.8 Å². The van der Waals surface area contributed by atoms with Gasteiger partial charge in [-0.25, -0.2) is 0 Å². The molecule has 114 valence electrons. The summed E-state index contributed by atoms with van der Waals surface area (Å²) in [6, 6.07) is 4.85. The first-order valence-electron chi connectivity index (χ1n) is 6.08. The van der Waals surface area contributed by atoms with Crippen molar-refractivity contribution in [3.63, 3.8) is 0 Å². The number of ether oxygens (including phenoxy) is 2. The van der Waals surface area contributed by atoms with Gasteiger partial charge in [0, 0.05) is 35.4 Å². The Balaban J connectivity index is 2.64. The van der Waals surface area contributed by atoms with Gasteiger partial charge in [0.15, 0.2) is 11.5 Å². The summed E-state index contributed by atoms with van der Waals surface area (Å²) in [7, 11) is 0.501. The van der Waals surface area contributed by atoms with Crippen LogP contribution in [0.2, 0.25) is 0 Å². The van der Waals surface area contributed by atoms with Gasteiger partial charge in [-0.15, -0.1) is 0 Å². The first kappa shape index (κ1) is 16.8. The molecule has 7 heteroatoms. The van der Waals surface area contributed by atoms with Crippen molar-refractivity contribution in [2.75, 3.05) is 19.9 Å². The summed E-state index contributed by atoms with van der Waals surface area (Å²) in [5.41, 5.74) is 0.788. The number of halogens is 2. The third-order valence-electron chi connectivity index (χ3n) is 2.77. The van der Waals surface area contributed by atoms with Gasteiger partial charge in [0.2, 0.25) is 0 Å². The van der Waals surface area contributed by atoms with Crippen molar-refractivity contribution in [2.45, 2.75) is 25.3 Å². The molecule has 0 bridgehead atoms. The molecule has 0 heterocycles. The Labute approximate surface area is 119 Å². The Hall–Kier alpha value is -1.21. The summed E-state index contributed by atoms with van der Waals surface area (Å²) in [6.45, 7) is 0.0444. The summed E-state index contributed by atoms with van der Waals surface area (Å²) >= 11 is 0. The topological polar surface area (TPSA) is 47.6 Å². The highest BCUT2D eigenvalue weighted by molar-refractivity contribution is 7.84. The van der Waals surface area contributed by atoms with E-state index in [9.17, 15) is 13.0 Å². The van der Waals surface area contributed by atoms with Gasteiger partial charge in [-0.1, -0.05) is 6.07 Å². The predicted molar refractivity (Wildman–Crippen MR) is 74.9 cm³/mol. The van der Waals surface area contributed by atoms with Gasteiger partial charge in [0.25, 0.3) is 0 Å². The summed E-state index contributed by atoms with van der Waals surface area (Å²) in [5.74, 6) is 0.269. The fourth-order valence-corrected chi connectivity index (χ4v) is 1.91. The second-order valence-corrected chi connectivity index (χ2v) is 6.11. The average Bonchev–Trinajstić information content (AvgIpc) is 2.38. The van der Waals surface area contributed by atoms with Crippen LogP contribution in [0.5, 0.6) is 11.5 Å². The van der Waals surface area contributed by atoms with Crippen LogP contribution >= 0.6 is 0 Å². The van der Waals surface area contributed by atoms with Crippen LogP contribution in [0.25, 0.3) is 0 Å². The molecule has 2 unspecified atom stereocenters. The molecule has 0 radical (unpaired) electrons. The molecule has 0 saturated carbocycles. The molecule has 0 spiro atoms. The highest BCUT2D eigenvalue weighted by atomic mass is 32.2. The van der Waals surface area contributed by atoms with E-state index in [0.717, 1.165) is 5.56 Å². The summed E-state index contributed by atoms with van der Waals surface area (Å²) in [5, 5.41) is 3.16. The van der Waals surface area contributed by atoms with Crippen LogP contribution in [0, 0.1) is 0 Å². The average molecular weight is 307 g/mol. The highest BCUT2D eigenvalue weighted by Crippen LogP contribution is 2.29. The Morgan fingerprint density at radius 1 is 1.35 bits per heavy atom. The minimum absolute atomic E-state index is 0.00826. The van der Waals surface area contributed by atoms with E-state index >= 15 is 0 Å². The van der Waals surface area contributed by atoms with Crippen molar-refractivity contribution < 1.29 is 22.5 Å². The van der Waals surface area contributed by atoms with Crippen molar-refractivity contribution in [1.29, 1.82) is 0 Å². The molecule has 0 saturated heterocycles. The summed E-state index contributed by atoms with van der Waals surface area (Å²) < 4.78 is 45.1. The molecule has 2 atom stereocenters. The number of alkyl halides is 2. The van der Waals surface area contributed by atoms with Gasteiger partial charge in [-0.05, 0) is 24.6 Å². The van der Waals surface area contributed by atoms with Crippen LogP contribution in [-0.2, 0) is 17.3 Å². The Morgan fingerprint density at radius 2 is 2.05 bits per heavy atom. The molecule has 1 aromatic carbocycles. The molecule has 4 nitrogen and oxygen atoms in total. The summed E-state index contributed by atoms with van der Waals surface area (Å²) in [4.78, 5) is 0. The van der Waals surface area contributed by atoms with Crippen LogP contribution in [0.1, 0.15) is 12.5 Å². The molecule has 0 aliphatic carbocycles. The Morgan fingerprint density at radius 3 is 2.60 bits per heavy atom. The van der Waals surface area contributed by atoms with E-state index in [0.29, 0.717) is 13.1 Å². The zero-order chi connectivity index (χ0) is 15.1. The van der Waals surface area contributed by atoms with Crippen LogP contribution in [0.4, 0.5) is 8.78 Å². The molecule has 1 aromatic rings. The fraction of sp³-hybridized carbons (Fsp3) is 0.538. The van der Waals surface area contributed by atoms with Crippen LogP contribution in [-0.4, -0.2) is 36.0 Å². The molecule has 0 aromatic heterocycles. The molecular formula is C13H19F2NO3S. The number of benzene rings is 1. The SMILES string of the molecule is COc1ccc(CNCC(C)S(C)=O)cc1OC(F)F. The highest BCUT2D eigenvalue weighted by Gasteiger charge is 2.11. The van der Waals surface area contributed by atoms with E-state index in [1.165, 1.54) is 13.2 Å². The molecule has 0 aliphatic rings. The van der Waals surface area contributed by atoms with Gasteiger partial charge < -0.3 is 14.8 Å². The minimum Gasteiger partial charge on any atom is -0.493 e. The van der Waals surface area contributed by atoms with Gasteiger partial charge >= 0.3 is 6.61 Å². The summed E-state index contributed by atoms with van der Waals surface area (Å²) in [6.07, 6.45) is 1.65. The van der Waals surface area contributed by atoms with E-state index in [4.69, 9.17) is 4.74 Å². The fourth-order valence-electron chi connectivity index (χ4n) is 1.56. The van der Waals surface area contributed by atoms with Crippen molar-refractivity contribution in [3.05, 3.63) is 23.8 Å². The maximum absolute atomic E-state index is 12.3. The number of rotatable bonds is 8. The number of hydrogen-bond donors (Lipinski definition) is 1. The van der Waals surface area contributed by atoms with Crippen molar-refractivity contribution in [1.82, 2.24) is 5.32 Å². The smallest absolute Gasteiger partial charge is 0.387 e. The first-order valence-corrected chi connectivity index (χ1v) is 7.70. The molecular weight excluding hydrogens is 288 g/mol. The second-order valence-electron chi connectivity index (χ2n) is 4.30. The number of hydrogen-bond acceptors (Lipinski definition) is 4. The van der Waals surface area contributed by atoms with E-state index < -0.39 is 17.4 Å². The lowest BCUT2D eigenvalue weighted by Crippen LogP contribution is -2.27. The lowest BCUT2D eigenvalue weighted by atomic mass is 10.2. The monoisotopic (exact) mass is 307 g/mol. The van der Waals surface area contributed by atoms with E-state index in [1.54, 1.807) is 18.4 Å². The molecule has 20 heavy (non-hydrogen) atoms.